The van der Waals surface area contributed by atoms with Gasteiger partial charge in [-0.3, -0.25) is 4.79 Å². The van der Waals surface area contributed by atoms with Crippen molar-refractivity contribution in [3.63, 3.8) is 0 Å². The number of hydrogen-bond acceptors (Lipinski definition) is 4. The molecule has 122 valence electrons. The van der Waals surface area contributed by atoms with Crippen molar-refractivity contribution in [2.24, 2.45) is 5.10 Å². The Kier molecular flexibility index (Phi) is 4.08. The number of amides is 1. The molecule has 1 N–H and O–H groups in total. The van der Waals surface area contributed by atoms with Crippen LogP contribution in [0.3, 0.4) is 0 Å². The van der Waals surface area contributed by atoms with Gasteiger partial charge in [-0.05, 0) is 55.3 Å². The first-order valence-corrected chi connectivity index (χ1v) is 7.55. The third kappa shape index (κ3) is 2.88. The van der Waals surface area contributed by atoms with Crippen LogP contribution >= 0.6 is 0 Å². The second-order valence-corrected chi connectivity index (χ2v) is 5.63. The molecule has 0 aromatic heterocycles. The van der Waals surface area contributed by atoms with Crippen molar-refractivity contribution in [1.82, 2.24) is 0 Å². The fourth-order valence-electron chi connectivity index (χ4n) is 2.57. The van der Waals surface area contributed by atoms with Crippen molar-refractivity contribution in [1.29, 1.82) is 0 Å². The Morgan fingerprint density at radius 1 is 1.17 bits per heavy atom. The number of hydrogen-bond donors (Lipinski definition) is 1. The van der Waals surface area contributed by atoms with Crippen molar-refractivity contribution in [2.75, 3.05) is 12.1 Å². The van der Waals surface area contributed by atoms with Crippen molar-refractivity contribution >= 4 is 23.4 Å². The van der Waals surface area contributed by atoms with E-state index in [-0.39, 0.29) is 11.7 Å². The maximum atomic E-state index is 12.7. The minimum absolute atomic E-state index is 0.0594. The summed E-state index contributed by atoms with van der Waals surface area (Å²) >= 11 is 0. The number of phenols is 1. The van der Waals surface area contributed by atoms with Gasteiger partial charge in [-0.2, -0.15) is 10.1 Å². The van der Waals surface area contributed by atoms with Crippen LogP contribution in [0.15, 0.2) is 53.1 Å². The Morgan fingerprint density at radius 3 is 2.67 bits per heavy atom. The van der Waals surface area contributed by atoms with Gasteiger partial charge in [0.2, 0.25) is 0 Å². The van der Waals surface area contributed by atoms with Gasteiger partial charge in [-0.25, -0.2) is 0 Å². The summed E-state index contributed by atoms with van der Waals surface area (Å²) in [5.41, 5.74) is 3.73. The van der Waals surface area contributed by atoms with Crippen LogP contribution in [0.1, 0.15) is 18.1 Å². The Morgan fingerprint density at radius 2 is 1.96 bits per heavy atom. The molecule has 0 unspecified atom stereocenters. The lowest BCUT2D eigenvalue weighted by molar-refractivity contribution is -0.114. The molecular formula is C19H18N2O3. The van der Waals surface area contributed by atoms with Crippen molar-refractivity contribution in [3.8, 4) is 11.5 Å². The minimum atomic E-state index is -0.176. The number of carbonyl (C=O) groups is 1. The predicted octanol–water partition coefficient (Wildman–Crippen LogP) is 3.52. The molecule has 0 saturated heterocycles. The summed E-state index contributed by atoms with van der Waals surface area (Å²) < 4.78 is 5.10. The predicted molar refractivity (Wildman–Crippen MR) is 94.4 cm³/mol. The number of ether oxygens (including phenoxy) is 1. The largest absolute Gasteiger partial charge is 0.504 e. The Bertz CT molecular complexity index is 869. The highest BCUT2D eigenvalue weighted by Crippen LogP contribution is 2.29. The topological polar surface area (TPSA) is 62.1 Å². The van der Waals surface area contributed by atoms with Crippen LogP contribution in [0.25, 0.3) is 6.08 Å². The number of benzene rings is 2. The third-order valence-corrected chi connectivity index (χ3v) is 3.82. The van der Waals surface area contributed by atoms with Gasteiger partial charge in [0.1, 0.15) is 0 Å². The number of phenolic OH excluding ortho intramolecular Hbond substituents is 1. The lowest BCUT2D eigenvalue weighted by Crippen LogP contribution is -2.21. The molecule has 2 aromatic carbocycles. The number of aryl methyl sites for hydroxylation is 1. The number of aromatic hydroxyl groups is 1. The van der Waals surface area contributed by atoms with Crippen LogP contribution in [0.2, 0.25) is 0 Å². The smallest absolute Gasteiger partial charge is 0.280 e. The van der Waals surface area contributed by atoms with Crippen LogP contribution in [-0.4, -0.2) is 23.8 Å². The van der Waals surface area contributed by atoms with Gasteiger partial charge < -0.3 is 9.84 Å². The van der Waals surface area contributed by atoms with Crippen molar-refractivity contribution < 1.29 is 14.6 Å². The minimum Gasteiger partial charge on any atom is -0.504 e. The first kappa shape index (κ1) is 15.8. The number of methoxy groups -OCH3 is 1. The summed E-state index contributed by atoms with van der Waals surface area (Å²) in [5.74, 6) is 0.245. The fourth-order valence-corrected chi connectivity index (χ4v) is 2.57. The second-order valence-electron chi connectivity index (χ2n) is 5.63. The number of anilines is 1. The number of nitrogens with zero attached hydrogens (tertiary/aromatic N) is 2. The highest BCUT2D eigenvalue weighted by Gasteiger charge is 2.28. The molecule has 2 aromatic rings. The maximum absolute atomic E-state index is 12.7. The summed E-state index contributed by atoms with van der Waals surface area (Å²) in [4.78, 5) is 12.7. The average molecular weight is 322 g/mol. The highest BCUT2D eigenvalue weighted by molar-refractivity contribution is 6.32. The van der Waals surface area contributed by atoms with E-state index in [4.69, 9.17) is 4.74 Å². The highest BCUT2D eigenvalue weighted by atomic mass is 16.5. The summed E-state index contributed by atoms with van der Waals surface area (Å²) in [6.45, 7) is 3.78. The van der Waals surface area contributed by atoms with Gasteiger partial charge in [0, 0.05) is 0 Å². The van der Waals surface area contributed by atoms with E-state index in [1.54, 1.807) is 25.1 Å². The third-order valence-electron chi connectivity index (χ3n) is 3.82. The van der Waals surface area contributed by atoms with E-state index in [1.165, 1.54) is 18.2 Å². The molecule has 0 fully saturated rings. The van der Waals surface area contributed by atoms with E-state index in [2.05, 4.69) is 5.10 Å². The summed E-state index contributed by atoms with van der Waals surface area (Å²) in [5, 5.41) is 15.5. The molecule has 0 saturated carbocycles. The zero-order valence-electron chi connectivity index (χ0n) is 13.8. The molecule has 24 heavy (non-hydrogen) atoms. The molecule has 1 heterocycles. The molecule has 1 amide bonds. The molecule has 5 heteroatoms. The maximum Gasteiger partial charge on any atom is 0.280 e. The average Bonchev–Trinajstić information content (AvgIpc) is 2.84. The first-order chi connectivity index (χ1) is 11.5. The van der Waals surface area contributed by atoms with Crippen LogP contribution in [-0.2, 0) is 4.79 Å². The molecule has 1 aliphatic rings. The second kappa shape index (κ2) is 6.20. The van der Waals surface area contributed by atoms with Gasteiger partial charge in [-0.15, -0.1) is 0 Å². The number of hydrazone groups is 1. The quantitative estimate of drug-likeness (QED) is 0.880. The molecule has 0 atom stereocenters. The summed E-state index contributed by atoms with van der Waals surface area (Å²) in [6, 6.07) is 12.6. The molecule has 0 aliphatic carbocycles. The van der Waals surface area contributed by atoms with E-state index in [9.17, 15) is 9.90 Å². The molecule has 0 radical (unpaired) electrons. The lowest BCUT2D eigenvalue weighted by Gasteiger charge is -2.12. The van der Waals surface area contributed by atoms with E-state index in [0.29, 0.717) is 17.0 Å². The summed E-state index contributed by atoms with van der Waals surface area (Å²) in [7, 11) is 1.48. The zero-order chi connectivity index (χ0) is 17.3. The molecular weight excluding hydrogens is 304 g/mol. The molecule has 5 nitrogen and oxygen atoms in total. The van der Waals surface area contributed by atoms with Gasteiger partial charge in [0.15, 0.2) is 11.5 Å². The normalized spacial score (nSPS) is 15.8. The van der Waals surface area contributed by atoms with Crippen LogP contribution < -0.4 is 9.75 Å². The lowest BCUT2D eigenvalue weighted by atomic mass is 10.1. The van der Waals surface area contributed by atoms with E-state index >= 15 is 0 Å². The standard InChI is InChI=1S/C19H18N2O3/c1-12-5-4-6-15(9-12)21-19(23)16(13(2)20-21)10-14-7-8-17(22)18(11-14)24-3/h4-11,22H,1-3H3/b16-10-. The fraction of sp³-hybridized carbons (Fsp3) is 0.158. The van der Waals surface area contributed by atoms with Crippen LogP contribution in [0, 0.1) is 6.92 Å². The van der Waals surface area contributed by atoms with Crippen molar-refractivity contribution in [3.05, 3.63) is 59.2 Å². The molecule has 0 bridgehead atoms. The van der Waals surface area contributed by atoms with Crippen molar-refractivity contribution in [2.45, 2.75) is 13.8 Å². The van der Waals surface area contributed by atoms with E-state index < -0.39 is 0 Å². The molecule has 1 aliphatic heterocycles. The van der Waals surface area contributed by atoms with Crippen LogP contribution in [0.4, 0.5) is 5.69 Å². The molecule has 3 rings (SSSR count). The Hall–Kier alpha value is -3.08. The van der Waals surface area contributed by atoms with Gasteiger partial charge in [-0.1, -0.05) is 18.2 Å². The van der Waals surface area contributed by atoms with Gasteiger partial charge in [0.05, 0.1) is 24.1 Å². The van der Waals surface area contributed by atoms with Crippen LogP contribution in [0.5, 0.6) is 11.5 Å². The van der Waals surface area contributed by atoms with E-state index in [0.717, 1.165) is 16.8 Å². The monoisotopic (exact) mass is 322 g/mol. The van der Waals surface area contributed by atoms with E-state index in [1.807, 2.05) is 31.2 Å². The molecule has 0 spiro atoms. The summed E-state index contributed by atoms with van der Waals surface area (Å²) in [6.07, 6.45) is 1.75. The van der Waals surface area contributed by atoms with Gasteiger partial charge >= 0.3 is 0 Å². The zero-order valence-corrected chi connectivity index (χ0v) is 13.8. The first-order valence-electron chi connectivity index (χ1n) is 7.55. The Labute approximate surface area is 140 Å². The van der Waals surface area contributed by atoms with Gasteiger partial charge in [0.25, 0.3) is 5.91 Å². The SMILES string of the molecule is COc1cc(/C=C2\C(=O)N(c3cccc(C)c3)N=C2C)ccc1O. The number of carbonyl (C=O) groups excluding carboxylic acids is 1. The Balaban J connectivity index is 1.96. The number of rotatable bonds is 3.